The van der Waals surface area contributed by atoms with E-state index >= 15 is 4.79 Å². The van der Waals surface area contributed by atoms with Crippen molar-refractivity contribution < 1.29 is 46.2 Å². The molecule has 0 spiro atoms. The lowest BCUT2D eigenvalue weighted by Crippen LogP contribution is -2.59. The maximum atomic E-state index is 15.0. The van der Waals surface area contributed by atoms with Crippen molar-refractivity contribution in [1.29, 1.82) is 0 Å². The zero-order valence-electron chi connectivity index (χ0n) is 35.2. The van der Waals surface area contributed by atoms with Crippen LogP contribution in [0.15, 0.2) is 42.6 Å². The zero-order valence-corrected chi connectivity index (χ0v) is 36.0. The number of benzene rings is 1. The topological polar surface area (TPSA) is 186 Å². The summed E-state index contributed by atoms with van der Waals surface area (Å²) in [5, 5.41) is 7.39. The van der Waals surface area contributed by atoms with Crippen molar-refractivity contribution in [3.05, 3.63) is 42.6 Å². The van der Waals surface area contributed by atoms with E-state index in [1.807, 2.05) is 43.3 Å². The van der Waals surface area contributed by atoms with Gasteiger partial charge in [-0.05, 0) is 77.2 Å². The number of nitrogens with one attached hydrogen (secondary N) is 3. The van der Waals surface area contributed by atoms with Gasteiger partial charge in [0.2, 0.25) is 27.7 Å². The number of alkyl halides is 1. The molecule has 7 rings (SSSR count). The van der Waals surface area contributed by atoms with E-state index in [4.69, 9.17) is 19.2 Å². The monoisotopic (exact) mass is 854 g/mol. The van der Waals surface area contributed by atoms with E-state index in [-0.39, 0.29) is 44.1 Å². The Bertz CT molecular complexity index is 2100. The Kier molecular flexibility index (Phi) is 12.4. The Labute approximate surface area is 351 Å². The van der Waals surface area contributed by atoms with Gasteiger partial charge in [-0.2, -0.15) is 0 Å². The van der Waals surface area contributed by atoms with Crippen LogP contribution in [0.5, 0.6) is 5.88 Å². The maximum absolute atomic E-state index is 15.0. The highest BCUT2D eigenvalue weighted by molar-refractivity contribution is 7.91. The highest BCUT2D eigenvalue weighted by Gasteiger charge is 2.64. The van der Waals surface area contributed by atoms with Crippen molar-refractivity contribution in [2.75, 3.05) is 44.4 Å². The van der Waals surface area contributed by atoms with E-state index in [1.54, 1.807) is 27.0 Å². The fourth-order valence-corrected chi connectivity index (χ4v) is 10.3. The number of morpholine rings is 1. The third-order valence-corrected chi connectivity index (χ3v) is 14.8. The highest BCUT2D eigenvalue weighted by atomic mass is 32.2. The van der Waals surface area contributed by atoms with Crippen LogP contribution in [-0.4, -0.2) is 116 Å². The van der Waals surface area contributed by atoms with Crippen LogP contribution in [-0.2, 0) is 33.9 Å². The van der Waals surface area contributed by atoms with Gasteiger partial charge in [0.05, 0.1) is 31.6 Å². The van der Waals surface area contributed by atoms with Crippen LogP contribution in [0.2, 0.25) is 0 Å². The molecule has 5 aliphatic rings. The Balaban J connectivity index is 1.23. The number of nitrogens with zero attached hydrogens (tertiary/aromatic N) is 3. The minimum Gasteiger partial charge on any atom is -0.472 e. The molecule has 0 radical (unpaired) electrons. The summed E-state index contributed by atoms with van der Waals surface area (Å²) < 4.78 is 58.7. The van der Waals surface area contributed by atoms with E-state index in [1.165, 1.54) is 4.90 Å². The molecule has 4 amide bonds. The number of hydrogen-bond acceptors (Lipinski definition) is 11. The molecule has 0 bridgehead atoms. The van der Waals surface area contributed by atoms with E-state index < -0.39 is 80.5 Å². The number of anilines is 1. The first kappa shape index (κ1) is 43.6. The van der Waals surface area contributed by atoms with Gasteiger partial charge < -0.3 is 34.6 Å². The van der Waals surface area contributed by atoms with Crippen LogP contribution in [0, 0.1) is 17.8 Å². The van der Waals surface area contributed by atoms with E-state index in [0.29, 0.717) is 51.4 Å². The van der Waals surface area contributed by atoms with Gasteiger partial charge in [0, 0.05) is 36.2 Å². The second-order valence-corrected chi connectivity index (χ2v) is 20.3. The summed E-state index contributed by atoms with van der Waals surface area (Å²) in [7, 11) is -4.39. The number of aromatic nitrogens is 1. The number of ether oxygens (including phenoxy) is 3. The van der Waals surface area contributed by atoms with Crippen molar-refractivity contribution in [1.82, 2.24) is 25.2 Å². The van der Waals surface area contributed by atoms with Gasteiger partial charge in [0.15, 0.2) is 0 Å². The lowest BCUT2D eigenvalue weighted by Gasteiger charge is -2.34. The minimum absolute atomic E-state index is 0.00656. The highest BCUT2D eigenvalue weighted by Crippen LogP contribution is 2.48. The molecule has 3 aliphatic heterocycles. The third kappa shape index (κ3) is 9.07. The van der Waals surface area contributed by atoms with Crippen molar-refractivity contribution in [2.24, 2.45) is 17.8 Å². The first-order valence-corrected chi connectivity index (χ1v) is 22.8. The normalized spacial score (nSPS) is 30.2. The molecule has 4 heterocycles. The molecule has 1 aromatic heterocycles. The Morgan fingerprint density at radius 1 is 1.10 bits per heavy atom. The molecule has 60 heavy (non-hydrogen) atoms. The van der Waals surface area contributed by atoms with Crippen molar-refractivity contribution in [2.45, 2.75) is 120 Å². The molecule has 2 aliphatic carbocycles. The predicted octanol–water partition coefficient (Wildman–Crippen LogP) is 4.54. The van der Waals surface area contributed by atoms with Gasteiger partial charge in [0.1, 0.15) is 40.7 Å². The Hall–Kier alpha value is -4.51. The number of rotatable bonds is 9. The number of fused-ring (bicyclic) bond motifs is 3. The van der Waals surface area contributed by atoms with Gasteiger partial charge >= 0.3 is 6.09 Å². The number of allylic oxidation sites excluding steroid dienone is 1. The van der Waals surface area contributed by atoms with Crippen molar-refractivity contribution in [3.8, 4) is 5.88 Å². The molecule has 7 atom stereocenters. The minimum atomic E-state index is -4.39. The predicted molar refractivity (Wildman–Crippen MR) is 222 cm³/mol. The molecule has 15 nitrogen and oxygen atoms in total. The molecule has 2 saturated carbocycles. The van der Waals surface area contributed by atoms with Crippen molar-refractivity contribution >= 4 is 50.3 Å². The molecular formula is C43H59FN6O9S. The van der Waals surface area contributed by atoms with Crippen LogP contribution < -0.4 is 25.0 Å². The Morgan fingerprint density at radius 3 is 2.48 bits per heavy atom. The largest absolute Gasteiger partial charge is 0.472 e. The maximum Gasteiger partial charge on any atom is 0.408 e. The van der Waals surface area contributed by atoms with Crippen molar-refractivity contribution in [3.63, 3.8) is 0 Å². The molecule has 2 aromatic rings. The molecule has 328 valence electrons. The number of amides is 4. The van der Waals surface area contributed by atoms with E-state index in [0.717, 1.165) is 22.9 Å². The number of sulfonamides is 1. The van der Waals surface area contributed by atoms with E-state index in [2.05, 4.69) is 27.2 Å². The summed E-state index contributed by atoms with van der Waals surface area (Å²) >= 11 is 0. The van der Waals surface area contributed by atoms with Gasteiger partial charge in [-0.1, -0.05) is 50.6 Å². The fourth-order valence-electron chi connectivity index (χ4n) is 8.86. The molecule has 2 saturated heterocycles. The molecule has 3 N–H and O–H groups in total. The fraction of sp³-hybridized carbons (Fsp3) is 0.651. The van der Waals surface area contributed by atoms with Gasteiger partial charge in [0.25, 0.3) is 5.91 Å². The quantitative estimate of drug-likeness (QED) is 0.301. The summed E-state index contributed by atoms with van der Waals surface area (Å²) in [4.78, 5) is 65.5. The summed E-state index contributed by atoms with van der Waals surface area (Å²) in [5.41, 5.74) is -1.56. The molecule has 1 aromatic carbocycles. The van der Waals surface area contributed by atoms with Crippen LogP contribution in [0.25, 0.3) is 10.8 Å². The molecule has 17 heteroatoms. The number of carbonyl (C=O) groups excluding carboxylic acids is 4. The molecule has 0 unspecified atom stereocenters. The molecular weight excluding hydrogens is 796 g/mol. The summed E-state index contributed by atoms with van der Waals surface area (Å²) in [6.07, 6.45) is 6.80. The number of hydrogen-bond donors (Lipinski definition) is 3. The third-order valence-electron chi connectivity index (χ3n) is 12.7. The first-order chi connectivity index (χ1) is 28.5. The lowest BCUT2D eigenvalue weighted by atomic mass is 9.85. The Morgan fingerprint density at radius 2 is 1.82 bits per heavy atom. The summed E-state index contributed by atoms with van der Waals surface area (Å²) in [6.45, 7) is 10.7. The second-order valence-electron chi connectivity index (χ2n) is 18.2. The van der Waals surface area contributed by atoms with Crippen LogP contribution in [0.1, 0.15) is 86.0 Å². The lowest BCUT2D eigenvalue weighted by molar-refractivity contribution is -0.142. The standard InChI is InChI=1S/C43H59FN6O9S/c1-6-28-21-27(2)11-7-8-12-29-23-43(29,39(53)48-60(55,56)42(26-44)15-16-42)47-36(51)33-22-30(25-50(33)38(52)35(28)46-40(54)59-41(3,4)5)58-37-32-14-10-9-13-31(32)34(24-45-37)49-17-19-57-20-18-49/h8-10,12-14,24,27-30,33,35H,6-7,11,15-23,25-26H2,1-5H3,(H,46,54)(H,47,51)(H,48,53)/b12-8-/t27-,28-,29-,30-,33+,35+,43-/m1/s1. The summed E-state index contributed by atoms with van der Waals surface area (Å²) in [6, 6.07) is 5.48. The number of carbonyl (C=O) groups is 4. The van der Waals surface area contributed by atoms with Crippen LogP contribution in [0.3, 0.4) is 0 Å². The average molecular weight is 855 g/mol. The molecule has 4 fully saturated rings. The number of alkyl carbamates (subject to hydrolysis) is 1. The number of halogens is 1. The smallest absolute Gasteiger partial charge is 0.408 e. The number of pyridine rings is 1. The summed E-state index contributed by atoms with van der Waals surface area (Å²) in [5.74, 6) is -2.56. The average Bonchev–Trinajstić information content (AvgIpc) is 4.12. The first-order valence-electron chi connectivity index (χ1n) is 21.3. The van der Waals surface area contributed by atoms with Gasteiger partial charge in [-0.3, -0.25) is 19.1 Å². The van der Waals surface area contributed by atoms with Crippen LogP contribution >= 0.6 is 0 Å². The second kappa shape index (κ2) is 17.1. The van der Waals surface area contributed by atoms with E-state index in [9.17, 15) is 27.2 Å². The zero-order chi connectivity index (χ0) is 43.0. The van der Waals surface area contributed by atoms with Gasteiger partial charge in [-0.15, -0.1) is 0 Å². The SMILES string of the molecule is CC[C@@H]1C[C@H](C)CC/C=C\[C@@H]2C[C@@]2(C(=O)NS(=O)(=O)C2(CF)CC2)NC(=O)[C@@H]2C[C@@H](Oc3ncc(N4CCOCC4)c4ccccc34)CN2C(=O)[C@H]1NC(=O)OC(C)(C)C. The van der Waals surface area contributed by atoms with Gasteiger partial charge in [-0.25, -0.2) is 22.6 Å². The van der Waals surface area contributed by atoms with Crippen LogP contribution in [0.4, 0.5) is 14.9 Å².